The third-order valence-electron chi connectivity index (χ3n) is 2.71. The normalized spacial score (nSPS) is 23.1. The van der Waals surface area contributed by atoms with Crippen LogP contribution >= 0.6 is 0 Å². The lowest BCUT2D eigenvalue weighted by Gasteiger charge is -2.30. The lowest BCUT2D eigenvalue weighted by Crippen LogP contribution is -2.51. The molecule has 1 unspecified atom stereocenters. The van der Waals surface area contributed by atoms with Gasteiger partial charge in [-0.05, 0) is 12.5 Å². The Morgan fingerprint density at radius 3 is 2.75 bits per heavy atom. The van der Waals surface area contributed by atoms with Crippen molar-refractivity contribution in [3.05, 3.63) is 0 Å². The first-order valence-electron chi connectivity index (χ1n) is 6.05. The van der Waals surface area contributed by atoms with Crippen molar-refractivity contribution in [2.24, 2.45) is 5.41 Å². The van der Waals surface area contributed by atoms with Crippen LogP contribution < -0.4 is 10.6 Å². The van der Waals surface area contributed by atoms with Crippen LogP contribution in [0.15, 0.2) is 0 Å². The number of amides is 1. The molecule has 0 bridgehead atoms. The minimum Gasteiger partial charge on any atom is -0.356 e. The first-order valence-corrected chi connectivity index (χ1v) is 6.05. The van der Waals surface area contributed by atoms with E-state index >= 15 is 0 Å². The zero-order valence-electron chi connectivity index (χ0n) is 11.0. The second kappa shape index (κ2) is 5.64. The van der Waals surface area contributed by atoms with Crippen molar-refractivity contribution >= 4 is 5.91 Å². The van der Waals surface area contributed by atoms with Gasteiger partial charge in [0.25, 0.3) is 0 Å². The summed E-state index contributed by atoms with van der Waals surface area (Å²) in [7, 11) is 2.10. The van der Waals surface area contributed by atoms with Gasteiger partial charge in [-0.25, -0.2) is 0 Å². The maximum atomic E-state index is 11.7. The highest BCUT2D eigenvalue weighted by molar-refractivity contribution is 5.76. The number of nitrogens with zero attached hydrogens (tertiary/aromatic N) is 1. The van der Waals surface area contributed by atoms with E-state index in [0.717, 1.165) is 26.2 Å². The second-order valence-corrected chi connectivity index (χ2v) is 5.95. The standard InChI is InChI=1S/C12H25N3O/c1-12(2,3)9-14-11(16)7-10-8-15(4)6-5-13-10/h10,13H,5-9H2,1-4H3,(H,14,16). The molecule has 1 atom stereocenters. The van der Waals surface area contributed by atoms with Crippen LogP contribution in [-0.2, 0) is 4.79 Å². The molecule has 0 aliphatic carbocycles. The van der Waals surface area contributed by atoms with E-state index in [4.69, 9.17) is 0 Å². The Labute approximate surface area is 98.8 Å². The summed E-state index contributed by atoms with van der Waals surface area (Å²) in [5, 5.41) is 6.36. The third-order valence-corrected chi connectivity index (χ3v) is 2.71. The predicted molar refractivity (Wildman–Crippen MR) is 66.4 cm³/mol. The molecule has 1 saturated heterocycles. The topological polar surface area (TPSA) is 44.4 Å². The summed E-state index contributed by atoms with van der Waals surface area (Å²) in [6, 6.07) is 0.304. The Morgan fingerprint density at radius 2 is 2.19 bits per heavy atom. The molecule has 4 heteroatoms. The van der Waals surface area contributed by atoms with E-state index in [1.54, 1.807) is 0 Å². The van der Waals surface area contributed by atoms with Gasteiger partial charge in [0.15, 0.2) is 0 Å². The highest BCUT2D eigenvalue weighted by Gasteiger charge is 2.20. The average molecular weight is 227 g/mol. The molecule has 0 radical (unpaired) electrons. The highest BCUT2D eigenvalue weighted by atomic mass is 16.1. The molecule has 16 heavy (non-hydrogen) atoms. The number of rotatable bonds is 3. The molecule has 2 N–H and O–H groups in total. The Bertz CT molecular complexity index is 235. The number of likely N-dealkylation sites (N-methyl/N-ethyl adjacent to an activating group) is 1. The summed E-state index contributed by atoms with van der Waals surface area (Å²) in [6.45, 7) is 10.1. The van der Waals surface area contributed by atoms with Crippen LogP contribution in [0.3, 0.4) is 0 Å². The van der Waals surface area contributed by atoms with E-state index in [9.17, 15) is 4.79 Å². The van der Waals surface area contributed by atoms with Crippen molar-refractivity contribution in [3.8, 4) is 0 Å². The molecule has 1 heterocycles. The average Bonchev–Trinajstić information content (AvgIpc) is 2.14. The lowest BCUT2D eigenvalue weighted by molar-refractivity contribution is -0.122. The van der Waals surface area contributed by atoms with E-state index in [1.807, 2.05) is 0 Å². The molecule has 1 fully saturated rings. The number of carbonyl (C=O) groups is 1. The van der Waals surface area contributed by atoms with Gasteiger partial charge in [-0.1, -0.05) is 20.8 Å². The van der Waals surface area contributed by atoms with Gasteiger partial charge < -0.3 is 15.5 Å². The van der Waals surface area contributed by atoms with Crippen LogP contribution in [0.1, 0.15) is 27.2 Å². The molecular weight excluding hydrogens is 202 g/mol. The fourth-order valence-corrected chi connectivity index (χ4v) is 1.79. The smallest absolute Gasteiger partial charge is 0.221 e. The maximum Gasteiger partial charge on any atom is 0.221 e. The van der Waals surface area contributed by atoms with Gasteiger partial charge in [-0.2, -0.15) is 0 Å². The van der Waals surface area contributed by atoms with Crippen molar-refractivity contribution < 1.29 is 4.79 Å². The van der Waals surface area contributed by atoms with E-state index in [1.165, 1.54) is 0 Å². The summed E-state index contributed by atoms with van der Waals surface area (Å²) in [4.78, 5) is 14.0. The Morgan fingerprint density at radius 1 is 1.50 bits per heavy atom. The highest BCUT2D eigenvalue weighted by Crippen LogP contribution is 2.10. The molecule has 0 saturated carbocycles. The van der Waals surface area contributed by atoms with Crippen LogP contribution in [0.5, 0.6) is 0 Å². The molecule has 1 aliphatic rings. The molecule has 1 rings (SSSR count). The minimum atomic E-state index is 0.155. The Kier molecular flexibility index (Phi) is 4.74. The number of hydrogen-bond acceptors (Lipinski definition) is 3. The number of carbonyl (C=O) groups excluding carboxylic acids is 1. The van der Waals surface area contributed by atoms with E-state index < -0.39 is 0 Å². The molecule has 1 amide bonds. The van der Waals surface area contributed by atoms with Crippen LogP contribution in [0.4, 0.5) is 0 Å². The molecule has 4 nitrogen and oxygen atoms in total. The molecule has 0 aromatic heterocycles. The molecule has 94 valence electrons. The van der Waals surface area contributed by atoms with Crippen molar-refractivity contribution in [1.82, 2.24) is 15.5 Å². The summed E-state index contributed by atoms with van der Waals surface area (Å²) < 4.78 is 0. The van der Waals surface area contributed by atoms with Gasteiger partial charge in [0, 0.05) is 38.6 Å². The Hall–Kier alpha value is -0.610. The van der Waals surface area contributed by atoms with Crippen molar-refractivity contribution in [2.75, 3.05) is 33.2 Å². The minimum absolute atomic E-state index is 0.155. The van der Waals surface area contributed by atoms with Crippen LogP contribution in [-0.4, -0.2) is 50.1 Å². The van der Waals surface area contributed by atoms with Crippen molar-refractivity contribution in [3.63, 3.8) is 0 Å². The Balaban J connectivity index is 2.23. The molecule has 0 aromatic rings. The first-order chi connectivity index (χ1) is 7.37. The molecular formula is C12H25N3O. The van der Waals surface area contributed by atoms with E-state index in [-0.39, 0.29) is 11.3 Å². The zero-order valence-corrected chi connectivity index (χ0v) is 11.0. The van der Waals surface area contributed by atoms with Crippen LogP contribution in [0.25, 0.3) is 0 Å². The van der Waals surface area contributed by atoms with Crippen molar-refractivity contribution in [1.29, 1.82) is 0 Å². The number of nitrogens with one attached hydrogen (secondary N) is 2. The van der Waals surface area contributed by atoms with Crippen molar-refractivity contribution in [2.45, 2.75) is 33.2 Å². The lowest BCUT2D eigenvalue weighted by atomic mass is 9.97. The van der Waals surface area contributed by atoms with Gasteiger partial charge in [-0.15, -0.1) is 0 Å². The molecule has 0 spiro atoms. The largest absolute Gasteiger partial charge is 0.356 e. The van der Waals surface area contributed by atoms with Gasteiger partial charge in [-0.3, -0.25) is 4.79 Å². The fourth-order valence-electron chi connectivity index (χ4n) is 1.79. The monoisotopic (exact) mass is 227 g/mol. The zero-order chi connectivity index (χ0) is 12.2. The van der Waals surface area contributed by atoms with Gasteiger partial charge >= 0.3 is 0 Å². The number of hydrogen-bond donors (Lipinski definition) is 2. The second-order valence-electron chi connectivity index (χ2n) is 5.95. The number of piperazine rings is 1. The fraction of sp³-hybridized carbons (Fsp3) is 0.917. The maximum absolute atomic E-state index is 11.7. The SMILES string of the molecule is CN1CCNC(CC(=O)NCC(C)(C)C)C1. The summed E-state index contributed by atoms with van der Waals surface area (Å²) in [6.07, 6.45) is 0.584. The van der Waals surface area contributed by atoms with Gasteiger partial charge in [0.2, 0.25) is 5.91 Å². The van der Waals surface area contributed by atoms with Crippen LogP contribution in [0, 0.1) is 5.41 Å². The first kappa shape index (κ1) is 13.5. The van der Waals surface area contributed by atoms with Gasteiger partial charge in [0.05, 0.1) is 0 Å². The summed E-state index contributed by atoms with van der Waals surface area (Å²) >= 11 is 0. The van der Waals surface area contributed by atoms with Crippen LogP contribution in [0.2, 0.25) is 0 Å². The van der Waals surface area contributed by atoms with Gasteiger partial charge in [0.1, 0.15) is 0 Å². The molecule has 0 aromatic carbocycles. The third kappa shape index (κ3) is 5.47. The quantitative estimate of drug-likeness (QED) is 0.735. The summed E-state index contributed by atoms with van der Waals surface area (Å²) in [5.41, 5.74) is 0.159. The summed E-state index contributed by atoms with van der Waals surface area (Å²) in [5.74, 6) is 0.155. The molecule has 1 aliphatic heterocycles. The van der Waals surface area contributed by atoms with E-state index in [2.05, 4.69) is 43.4 Å². The predicted octanol–water partition coefficient (Wildman–Crippen LogP) is 0.442. The van der Waals surface area contributed by atoms with E-state index in [0.29, 0.717) is 12.5 Å².